The van der Waals surface area contributed by atoms with Gasteiger partial charge in [-0.3, -0.25) is 9.00 Å². The van der Waals surface area contributed by atoms with E-state index in [1.54, 1.807) is 0 Å². The third-order valence-corrected chi connectivity index (χ3v) is 5.67. The highest BCUT2D eigenvalue weighted by Crippen LogP contribution is 2.13. The molecule has 25 heavy (non-hydrogen) atoms. The minimum Gasteiger partial charge on any atom is -0.494 e. The molecule has 0 saturated heterocycles. The van der Waals surface area contributed by atoms with Crippen LogP contribution in [-0.2, 0) is 22.0 Å². The minimum atomic E-state index is -1.40. The average molecular weight is 360 g/mol. The number of carboxylic acid groups (broad SMARTS) is 1. The van der Waals surface area contributed by atoms with Crippen molar-refractivity contribution in [1.82, 2.24) is 0 Å². The quantitative estimate of drug-likeness (QED) is 0.658. The number of carbonyl (C=O) groups is 1. The van der Waals surface area contributed by atoms with Crippen LogP contribution in [0.5, 0.6) is 5.75 Å². The van der Waals surface area contributed by atoms with Gasteiger partial charge in [0.05, 0.1) is 6.61 Å². The molecule has 2 atom stereocenters. The van der Waals surface area contributed by atoms with Crippen molar-refractivity contribution < 1.29 is 18.8 Å². The number of carboxylic acids is 1. The number of aliphatic carboxylic acids is 1. The average Bonchev–Trinajstić information content (AvgIpc) is 2.61. The van der Waals surface area contributed by atoms with Crippen molar-refractivity contribution in [3.8, 4) is 5.75 Å². The van der Waals surface area contributed by atoms with Gasteiger partial charge in [-0.2, -0.15) is 0 Å². The first kappa shape index (κ1) is 19.2. The molecule has 2 rings (SSSR count). The number of rotatable bonds is 10. The number of aryl methyl sites for hydroxylation is 2. The molecule has 0 fully saturated rings. The molecule has 134 valence electrons. The van der Waals surface area contributed by atoms with Crippen LogP contribution in [0.4, 0.5) is 0 Å². The van der Waals surface area contributed by atoms with Crippen molar-refractivity contribution >= 4 is 16.8 Å². The van der Waals surface area contributed by atoms with Crippen molar-refractivity contribution in [2.75, 3.05) is 12.4 Å². The zero-order valence-electron chi connectivity index (χ0n) is 14.4. The lowest BCUT2D eigenvalue weighted by Gasteiger charge is -2.13. The Bertz CT molecular complexity index is 683. The lowest BCUT2D eigenvalue weighted by Crippen LogP contribution is -2.28. The summed E-state index contributed by atoms with van der Waals surface area (Å²) in [6.45, 7) is 2.44. The van der Waals surface area contributed by atoms with E-state index >= 15 is 0 Å². The third-order valence-electron chi connectivity index (χ3n) is 3.91. The molecular weight excluding hydrogens is 336 g/mol. The van der Waals surface area contributed by atoms with Crippen LogP contribution < -0.4 is 4.74 Å². The Balaban J connectivity index is 1.75. The summed E-state index contributed by atoms with van der Waals surface area (Å²) in [5, 5.41) is 8.52. The number of hydrogen-bond acceptors (Lipinski definition) is 3. The predicted octanol–water partition coefficient (Wildman–Crippen LogP) is 3.60. The van der Waals surface area contributed by atoms with Gasteiger partial charge in [0.15, 0.2) is 0 Å². The normalized spacial score (nSPS) is 13.2. The van der Waals surface area contributed by atoms with E-state index in [2.05, 4.69) is 0 Å². The standard InChI is InChI=1S/C20H24O4S/c1-16-8-11-18(12-9-16)24-14-5-15-25(23)19(20(21)22)13-10-17-6-3-2-4-7-17/h2-4,6-9,11-12,19H,5,10,13-15H2,1H3,(H,21,22). The van der Waals surface area contributed by atoms with Crippen molar-refractivity contribution in [2.24, 2.45) is 0 Å². The lowest BCUT2D eigenvalue weighted by molar-refractivity contribution is -0.136. The maximum absolute atomic E-state index is 12.3. The fourth-order valence-electron chi connectivity index (χ4n) is 2.48. The SMILES string of the molecule is Cc1ccc(OCCCS(=O)C(CCc2ccccc2)C(=O)O)cc1. The first-order valence-electron chi connectivity index (χ1n) is 8.39. The minimum absolute atomic E-state index is 0.331. The molecule has 0 heterocycles. The second-order valence-corrected chi connectivity index (χ2v) is 7.69. The molecule has 2 unspecified atom stereocenters. The van der Waals surface area contributed by atoms with Gasteiger partial charge >= 0.3 is 5.97 Å². The van der Waals surface area contributed by atoms with Gasteiger partial charge in [0.1, 0.15) is 11.0 Å². The van der Waals surface area contributed by atoms with E-state index in [1.165, 1.54) is 0 Å². The summed E-state index contributed by atoms with van der Waals surface area (Å²) in [5.74, 6) is 0.112. The third kappa shape index (κ3) is 6.70. The first-order valence-corrected chi connectivity index (χ1v) is 9.78. The van der Waals surface area contributed by atoms with E-state index in [0.29, 0.717) is 31.6 Å². The molecule has 0 spiro atoms. The summed E-state index contributed by atoms with van der Waals surface area (Å²) in [5.41, 5.74) is 2.23. The highest BCUT2D eigenvalue weighted by atomic mass is 32.2. The molecule has 0 aromatic heterocycles. The van der Waals surface area contributed by atoms with Gasteiger partial charge in [0.2, 0.25) is 0 Å². The van der Waals surface area contributed by atoms with Crippen LogP contribution in [0.25, 0.3) is 0 Å². The summed E-state index contributed by atoms with van der Waals surface area (Å²) in [4.78, 5) is 11.4. The molecular formula is C20H24O4S. The Morgan fingerprint density at radius 1 is 1.12 bits per heavy atom. The Morgan fingerprint density at radius 2 is 1.80 bits per heavy atom. The van der Waals surface area contributed by atoms with Crippen LogP contribution in [-0.4, -0.2) is 32.9 Å². The molecule has 0 saturated carbocycles. The zero-order chi connectivity index (χ0) is 18.1. The molecule has 2 aromatic carbocycles. The van der Waals surface area contributed by atoms with Crippen LogP contribution in [0.1, 0.15) is 24.0 Å². The van der Waals surface area contributed by atoms with E-state index in [-0.39, 0.29) is 0 Å². The second-order valence-electron chi connectivity index (χ2n) is 5.95. The lowest BCUT2D eigenvalue weighted by atomic mass is 10.1. The molecule has 5 heteroatoms. The van der Waals surface area contributed by atoms with E-state index in [1.807, 2.05) is 61.5 Å². The fourth-order valence-corrected chi connectivity index (χ4v) is 3.77. The number of hydrogen-bond donors (Lipinski definition) is 1. The largest absolute Gasteiger partial charge is 0.494 e. The zero-order valence-corrected chi connectivity index (χ0v) is 15.2. The van der Waals surface area contributed by atoms with Crippen LogP contribution in [0, 0.1) is 6.92 Å². The van der Waals surface area contributed by atoms with Crippen molar-refractivity contribution in [2.45, 2.75) is 31.4 Å². The van der Waals surface area contributed by atoms with Gasteiger partial charge in [0, 0.05) is 16.6 Å². The van der Waals surface area contributed by atoms with Gasteiger partial charge in [-0.15, -0.1) is 0 Å². The van der Waals surface area contributed by atoms with Gasteiger partial charge in [-0.1, -0.05) is 48.0 Å². The summed E-state index contributed by atoms with van der Waals surface area (Å²) in [6, 6.07) is 17.4. The Kier molecular flexibility index (Phi) is 7.67. The van der Waals surface area contributed by atoms with Crippen molar-refractivity contribution in [1.29, 1.82) is 0 Å². The maximum atomic E-state index is 12.3. The molecule has 0 aliphatic carbocycles. The summed E-state index contributed by atoms with van der Waals surface area (Å²) in [7, 11) is -1.40. The highest BCUT2D eigenvalue weighted by molar-refractivity contribution is 7.86. The Labute approximate surface area is 151 Å². The second kappa shape index (κ2) is 9.99. The number of ether oxygens (including phenoxy) is 1. The summed E-state index contributed by atoms with van der Waals surface area (Å²) < 4.78 is 17.9. The van der Waals surface area contributed by atoms with E-state index in [9.17, 15) is 14.1 Å². The van der Waals surface area contributed by atoms with Crippen LogP contribution in [0.2, 0.25) is 0 Å². The van der Waals surface area contributed by atoms with Crippen molar-refractivity contribution in [3.05, 3.63) is 65.7 Å². The van der Waals surface area contributed by atoms with Gasteiger partial charge in [-0.05, 0) is 43.9 Å². The Hall–Kier alpha value is -2.14. The van der Waals surface area contributed by atoms with Crippen molar-refractivity contribution in [3.63, 3.8) is 0 Å². The first-order chi connectivity index (χ1) is 12.1. The highest BCUT2D eigenvalue weighted by Gasteiger charge is 2.24. The summed E-state index contributed by atoms with van der Waals surface area (Å²) >= 11 is 0. The van der Waals surface area contributed by atoms with E-state index in [0.717, 1.165) is 16.9 Å². The molecule has 0 radical (unpaired) electrons. The Morgan fingerprint density at radius 3 is 2.44 bits per heavy atom. The molecule has 0 aliphatic heterocycles. The number of benzene rings is 2. The van der Waals surface area contributed by atoms with Crippen LogP contribution >= 0.6 is 0 Å². The molecule has 4 nitrogen and oxygen atoms in total. The smallest absolute Gasteiger partial charge is 0.319 e. The van der Waals surface area contributed by atoms with Crippen LogP contribution in [0.15, 0.2) is 54.6 Å². The van der Waals surface area contributed by atoms with Gasteiger partial charge in [-0.25, -0.2) is 0 Å². The topological polar surface area (TPSA) is 63.6 Å². The van der Waals surface area contributed by atoms with Crippen LogP contribution in [0.3, 0.4) is 0 Å². The van der Waals surface area contributed by atoms with E-state index < -0.39 is 22.0 Å². The monoisotopic (exact) mass is 360 g/mol. The van der Waals surface area contributed by atoms with E-state index in [4.69, 9.17) is 4.74 Å². The van der Waals surface area contributed by atoms with Gasteiger partial charge < -0.3 is 9.84 Å². The molecule has 1 N–H and O–H groups in total. The predicted molar refractivity (Wildman–Crippen MR) is 100 cm³/mol. The molecule has 0 bridgehead atoms. The van der Waals surface area contributed by atoms with Gasteiger partial charge in [0.25, 0.3) is 0 Å². The molecule has 2 aromatic rings. The molecule has 0 amide bonds. The fraction of sp³-hybridized carbons (Fsp3) is 0.350. The molecule has 0 aliphatic rings. The maximum Gasteiger partial charge on any atom is 0.319 e. The summed E-state index contributed by atoms with van der Waals surface area (Å²) in [6.07, 6.45) is 1.56.